The number of carbonyl (C=O) groups is 1. The Bertz CT molecular complexity index is 442. The fourth-order valence-corrected chi connectivity index (χ4v) is 2.42. The molecule has 1 N–H and O–H groups in total. The number of cyclic esters (lactones) is 1. The van der Waals surface area contributed by atoms with Crippen LogP contribution in [0.1, 0.15) is 18.5 Å². The Morgan fingerprint density at radius 3 is 2.63 bits per heavy atom. The Morgan fingerprint density at radius 1 is 1.42 bits per heavy atom. The molecule has 1 aliphatic rings. The number of hydrogen-bond acceptors (Lipinski definition) is 3. The van der Waals surface area contributed by atoms with Crippen LogP contribution in [0.2, 0.25) is 0 Å². The second-order valence-electron chi connectivity index (χ2n) is 3.92. The molecule has 3 nitrogen and oxygen atoms in total. The fraction of sp³-hybridized carbons (Fsp3) is 0.417. The largest absolute Gasteiger partial charge is 0.443 e. The van der Waals surface area contributed by atoms with Gasteiger partial charge in [-0.05, 0) is 23.4 Å². The average Bonchev–Trinajstić information content (AvgIpc) is 2.34. The first-order valence-electron chi connectivity index (χ1n) is 5.57. The summed E-state index contributed by atoms with van der Waals surface area (Å²) in [5.41, 5.74) is 0.386. The van der Waals surface area contributed by atoms with Crippen LogP contribution in [0, 0.1) is 0 Å². The minimum absolute atomic E-state index is 0. The Balaban J connectivity index is 0.00000180. The molecule has 2 rings (SSSR count). The van der Waals surface area contributed by atoms with Crippen LogP contribution < -0.4 is 5.32 Å². The smallest absolute Gasteiger partial charge is 0.408 e. The van der Waals surface area contributed by atoms with Crippen molar-refractivity contribution in [2.24, 2.45) is 0 Å². The van der Waals surface area contributed by atoms with Crippen molar-refractivity contribution < 1.29 is 18.3 Å². The van der Waals surface area contributed by atoms with Crippen LogP contribution in [0.3, 0.4) is 0 Å². The maximum absolute atomic E-state index is 13.6. The molecule has 0 spiro atoms. The standard InChI is InChI=1S/C12H13F2NO2S.ClH/c1-2-18-9-5-3-8(4-6-9)10-12(13,14)7-17-11(16)15-10;/h3-6,10H,2,7H2,1H3,(H,15,16);1H/t10-;/m1./s1. The summed E-state index contributed by atoms with van der Waals surface area (Å²) in [6.07, 6.45) is -0.807. The van der Waals surface area contributed by atoms with E-state index in [-0.39, 0.29) is 12.4 Å². The van der Waals surface area contributed by atoms with E-state index in [0.717, 1.165) is 10.6 Å². The highest BCUT2D eigenvalue weighted by atomic mass is 35.5. The molecule has 1 saturated heterocycles. The first kappa shape index (κ1) is 16.0. The summed E-state index contributed by atoms with van der Waals surface area (Å²) in [6.45, 7) is 1.14. The maximum Gasteiger partial charge on any atom is 0.408 e. The molecule has 19 heavy (non-hydrogen) atoms. The minimum Gasteiger partial charge on any atom is -0.443 e. The third-order valence-electron chi connectivity index (χ3n) is 2.60. The Hall–Kier alpha value is -1.01. The first-order chi connectivity index (χ1) is 8.53. The summed E-state index contributed by atoms with van der Waals surface area (Å²) in [5, 5.41) is 2.16. The Morgan fingerprint density at radius 2 is 2.05 bits per heavy atom. The van der Waals surface area contributed by atoms with Crippen molar-refractivity contribution in [3.8, 4) is 0 Å². The lowest BCUT2D eigenvalue weighted by atomic mass is 10.0. The number of hydrogen-bond donors (Lipinski definition) is 1. The van der Waals surface area contributed by atoms with Gasteiger partial charge in [0, 0.05) is 4.90 Å². The molecule has 0 aromatic heterocycles. The van der Waals surface area contributed by atoms with Gasteiger partial charge in [0.05, 0.1) is 0 Å². The molecule has 106 valence electrons. The second kappa shape index (κ2) is 6.43. The lowest BCUT2D eigenvalue weighted by Crippen LogP contribution is -2.49. The monoisotopic (exact) mass is 309 g/mol. The number of rotatable bonds is 3. The quantitative estimate of drug-likeness (QED) is 0.866. The molecule has 1 aromatic carbocycles. The number of ether oxygens (including phenoxy) is 1. The zero-order chi connectivity index (χ0) is 13.2. The lowest BCUT2D eigenvalue weighted by molar-refractivity contribution is -0.104. The number of amides is 1. The number of halogens is 3. The van der Waals surface area contributed by atoms with Gasteiger partial charge in [-0.3, -0.25) is 0 Å². The Kier molecular flexibility index (Phi) is 5.43. The zero-order valence-electron chi connectivity index (χ0n) is 10.2. The van der Waals surface area contributed by atoms with Crippen molar-refractivity contribution in [2.45, 2.75) is 23.8 Å². The van der Waals surface area contributed by atoms with Crippen LogP contribution in [-0.2, 0) is 4.74 Å². The molecule has 0 aliphatic carbocycles. The minimum atomic E-state index is -3.09. The van der Waals surface area contributed by atoms with Gasteiger partial charge in [0.25, 0.3) is 0 Å². The summed E-state index contributed by atoms with van der Waals surface area (Å²) >= 11 is 1.63. The van der Waals surface area contributed by atoms with E-state index in [4.69, 9.17) is 0 Å². The van der Waals surface area contributed by atoms with E-state index >= 15 is 0 Å². The maximum atomic E-state index is 13.6. The number of alkyl carbamates (subject to hydrolysis) is 1. The van der Waals surface area contributed by atoms with Crippen LogP contribution in [0.4, 0.5) is 13.6 Å². The molecule has 0 bridgehead atoms. The molecule has 1 aliphatic heterocycles. The third-order valence-corrected chi connectivity index (χ3v) is 3.50. The zero-order valence-corrected chi connectivity index (χ0v) is 11.8. The van der Waals surface area contributed by atoms with Crippen LogP contribution in [0.5, 0.6) is 0 Å². The number of nitrogens with one attached hydrogen (secondary N) is 1. The van der Waals surface area contributed by atoms with Gasteiger partial charge in [-0.2, -0.15) is 0 Å². The predicted octanol–water partition coefficient (Wildman–Crippen LogP) is 3.64. The molecule has 0 unspecified atom stereocenters. The molecule has 1 atom stereocenters. The van der Waals surface area contributed by atoms with Gasteiger partial charge in [0.1, 0.15) is 6.04 Å². The molecular formula is C12H14ClF2NO2S. The van der Waals surface area contributed by atoms with E-state index in [1.54, 1.807) is 36.0 Å². The first-order valence-corrected chi connectivity index (χ1v) is 6.55. The van der Waals surface area contributed by atoms with Gasteiger partial charge in [-0.25, -0.2) is 13.6 Å². The van der Waals surface area contributed by atoms with E-state index in [0.29, 0.717) is 5.56 Å². The van der Waals surface area contributed by atoms with Crippen molar-refractivity contribution in [1.29, 1.82) is 0 Å². The predicted molar refractivity (Wildman–Crippen MR) is 72.3 cm³/mol. The van der Waals surface area contributed by atoms with Crippen molar-refractivity contribution in [2.75, 3.05) is 12.4 Å². The van der Waals surface area contributed by atoms with E-state index < -0.39 is 24.7 Å². The van der Waals surface area contributed by atoms with Gasteiger partial charge in [0.2, 0.25) is 0 Å². The highest BCUT2D eigenvalue weighted by Gasteiger charge is 2.46. The van der Waals surface area contributed by atoms with Crippen LogP contribution >= 0.6 is 24.2 Å². The molecule has 1 amide bonds. The van der Waals surface area contributed by atoms with Crippen molar-refractivity contribution >= 4 is 30.3 Å². The number of benzene rings is 1. The van der Waals surface area contributed by atoms with E-state index in [9.17, 15) is 13.6 Å². The van der Waals surface area contributed by atoms with Gasteiger partial charge in [-0.15, -0.1) is 24.2 Å². The molecule has 0 saturated carbocycles. The van der Waals surface area contributed by atoms with Crippen LogP contribution in [0.25, 0.3) is 0 Å². The van der Waals surface area contributed by atoms with Crippen molar-refractivity contribution in [1.82, 2.24) is 5.32 Å². The summed E-state index contributed by atoms with van der Waals surface area (Å²) in [6, 6.07) is 5.46. The van der Waals surface area contributed by atoms with Crippen molar-refractivity contribution in [3.05, 3.63) is 29.8 Å². The van der Waals surface area contributed by atoms with Gasteiger partial charge >= 0.3 is 12.0 Å². The summed E-state index contributed by atoms with van der Waals surface area (Å²) < 4.78 is 31.6. The van der Waals surface area contributed by atoms with Gasteiger partial charge < -0.3 is 10.1 Å². The number of thioether (sulfide) groups is 1. The highest BCUT2D eigenvalue weighted by Crippen LogP contribution is 2.35. The van der Waals surface area contributed by atoms with Crippen LogP contribution in [-0.4, -0.2) is 24.4 Å². The highest BCUT2D eigenvalue weighted by molar-refractivity contribution is 7.99. The van der Waals surface area contributed by atoms with Gasteiger partial charge in [0.15, 0.2) is 6.61 Å². The molecular weight excluding hydrogens is 296 g/mol. The molecule has 0 radical (unpaired) electrons. The SMILES string of the molecule is CCSc1ccc([C@H]2NC(=O)OCC2(F)F)cc1.Cl. The van der Waals surface area contributed by atoms with Crippen molar-refractivity contribution in [3.63, 3.8) is 0 Å². The molecule has 7 heteroatoms. The molecule has 1 fully saturated rings. The molecule has 1 heterocycles. The molecule has 1 aromatic rings. The van der Waals surface area contributed by atoms with Crippen LogP contribution in [0.15, 0.2) is 29.2 Å². The summed E-state index contributed by atoms with van der Waals surface area (Å²) in [7, 11) is 0. The average molecular weight is 310 g/mol. The second-order valence-corrected chi connectivity index (χ2v) is 5.25. The number of carbonyl (C=O) groups excluding carboxylic acids is 1. The Labute approximate surface area is 120 Å². The fourth-order valence-electron chi connectivity index (χ4n) is 1.76. The van der Waals surface area contributed by atoms with E-state index in [1.807, 2.05) is 6.92 Å². The summed E-state index contributed by atoms with van der Waals surface area (Å²) in [4.78, 5) is 12.0. The van der Waals surface area contributed by atoms with E-state index in [2.05, 4.69) is 10.1 Å². The third kappa shape index (κ3) is 3.73. The lowest BCUT2D eigenvalue weighted by Gasteiger charge is -2.31. The topological polar surface area (TPSA) is 38.3 Å². The van der Waals surface area contributed by atoms with Gasteiger partial charge in [-0.1, -0.05) is 19.1 Å². The number of alkyl halides is 2. The van der Waals surface area contributed by atoms with E-state index in [1.165, 1.54) is 0 Å². The summed E-state index contributed by atoms with van der Waals surface area (Å²) in [5.74, 6) is -2.17. The normalized spacial score (nSPS) is 21.0.